The van der Waals surface area contributed by atoms with Crippen molar-refractivity contribution >= 4 is 0 Å². The van der Waals surface area contributed by atoms with E-state index in [4.69, 9.17) is 5.73 Å². The minimum Gasteiger partial charge on any atom is -0.323 e. The molecule has 2 unspecified atom stereocenters. The van der Waals surface area contributed by atoms with Gasteiger partial charge in [-0.1, -0.05) is 12.0 Å². The first kappa shape index (κ1) is 9.83. The molecule has 2 atom stereocenters. The predicted molar refractivity (Wildman–Crippen MR) is 62.7 cm³/mol. The van der Waals surface area contributed by atoms with Crippen LogP contribution in [0.3, 0.4) is 0 Å². The molecule has 0 spiro atoms. The number of hydrogen-bond acceptors (Lipinski definition) is 3. The highest BCUT2D eigenvalue weighted by Crippen LogP contribution is 2.56. The van der Waals surface area contributed by atoms with E-state index in [0.29, 0.717) is 0 Å². The number of hydrogen-bond donors (Lipinski definition) is 2. The Bertz CT molecular complexity index is 495. The molecule has 82 valence electrons. The van der Waals surface area contributed by atoms with Crippen LogP contribution >= 0.6 is 0 Å². The first-order valence-electron chi connectivity index (χ1n) is 5.60. The number of nitrogens with zero attached hydrogens (tertiary/aromatic N) is 1. The number of fused-ring (bicyclic) bond motifs is 1. The normalized spacial score (nSPS) is 35.1. The number of nitrogens with two attached hydrogens (primary N) is 1. The minimum atomic E-state index is -0.0807. The molecular formula is C13H15N3. The van der Waals surface area contributed by atoms with Gasteiger partial charge in [0.1, 0.15) is 5.69 Å². The monoisotopic (exact) mass is 213 g/mol. The molecular weight excluding hydrogens is 198 g/mol. The molecule has 1 aromatic heterocycles. The van der Waals surface area contributed by atoms with E-state index in [-0.39, 0.29) is 11.0 Å². The maximum absolute atomic E-state index is 6.20. The average molecular weight is 213 g/mol. The third-order valence-electron chi connectivity index (χ3n) is 3.74. The lowest BCUT2D eigenvalue weighted by atomic mass is 10.0. The number of rotatable bonds is 0. The SMILES string of the molecule is Cc1cccnc1C#CC12CNCC1(N)C2. The molecule has 16 heavy (non-hydrogen) atoms. The molecule has 3 rings (SSSR count). The molecule has 1 aliphatic heterocycles. The van der Waals surface area contributed by atoms with E-state index in [1.165, 1.54) is 0 Å². The van der Waals surface area contributed by atoms with Crippen LogP contribution in [0.2, 0.25) is 0 Å². The second kappa shape index (κ2) is 3.07. The van der Waals surface area contributed by atoms with Crippen molar-refractivity contribution in [2.75, 3.05) is 13.1 Å². The van der Waals surface area contributed by atoms with Crippen LogP contribution < -0.4 is 11.1 Å². The number of pyridine rings is 1. The standard InChI is InChI=1S/C13H15N3/c1-10-3-2-6-16-11(10)4-5-12-7-13(12,14)9-15-8-12/h2-3,6,15H,7-9,14H2,1H3. The fraction of sp³-hybridized carbons (Fsp3) is 0.462. The lowest BCUT2D eigenvalue weighted by Crippen LogP contribution is -2.31. The largest absolute Gasteiger partial charge is 0.323 e. The van der Waals surface area contributed by atoms with Crippen molar-refractivity contribution in [3.63, 3.8) is 0 Å². The zero-order valence-electron chi connectivity index (χ0n) is 9.38. The first-order chi connectivity index (χ1) is 7.65. The van der Waals surface area contributed by atoms with Crippen LogP contribution in [0, 0.1) is 24.2 Å². The van der Waals surface area contributed by atoms with Gasteiger partial charge in [-0.15, -0.1) is 0 Å². The van der Waals surface area contributed by atoms with Gasteiger partial charge in [-0.3, -0.25) is 0 Å². The lowest BCUT2D eigenvalue weighted by molar-refractivity contribution is 0.641. The average Bonchev–Trinajstić information content (AvgIpc) is 2.71. The second-order valence-corrected chi connectivity index (χ2v) is 4.94. The van der Waals surface area contributed by atoms with Gasteiger partial charge in [0.2, 0.25) is 0 Å². The Balaban J connectivity index is 1.90. The molecule has 0 radical (unpaired) electrons. The van der Waals surface area contributed by atoms with Crippen molar-refractivity contribution < 1.29 is 0 Å². The minimum absolute atomic E-state index is 0.0109. The van der Waals surface area contributed by atoms with E-state index < -0.39 is 0 Å². The molecule has 1 saturated carbocycles. The third kappa shape index (κ3) is 1.27. The van der Waals surface area contributed by atoms with Gasteiger partial charge in [0.05, 0.1) is 5.41 Å². The van der Waals surface area contributed by atoms with Gasteiger partial charge in [-0.2, -0.15) is 0 Å². The fourth-order valence-corrected chi connectivity index (χ4v) is 2.47. The zero-order chi connectivity index (χ0) is 11.2. The highest BCUT2D eigenvalue weighted by atomic mass is 15.1. The Kier molecular flexibility index (Phi) is 1.88. The quantitative estimate of drug-likeness (QED) is 0.615. The Morgan fingerprint density at radius 3 is 3.00 bits per heavy atom. The number of aromatic nitrogens is 1. The summed E-state index contributed by atoms with van der Waals surface area (Å²) in [5, 5.41) is 3.31. The topological polar surface area (TPSA) is 50.9 Å². The highest BCUT2D eigenvalue weighted by molar-refractivity contribution is 5.43. The van der Waals surface area contributed by atoms with Crippen LogP contribution in [0.1, 0.15) is 17.7 Å². The van der Waals surface area contributed by atoms with Crippen LogP contribution in [-0.2, 0) is 0 Å². The molecule has 0 aromatic carbocycles. The number of aryl methyl sites for hydroxylation is 1. The molecule has 1 saturated heterocycles. The summed E-state index contributed by atoms with van der Waals surface area (Å²) in [4.78, 5) is 4.28. The summed E-state index contributed by atoms with van der Waals surface area (Å²) in [5.41, 5.74) is 8.13. The molecule has 2 heterocycles. The van der Waals surface area contributed by atoms with E-state index in [9.17, 15) is 0 Å². The maximum Gasteiger partial charge on any atom is 0.116 e. The van der Waals surface area contributed by atoms with Crippen LogP contribution in [0.15, 0.2) is 18.3 Å². The van der Waals surface area contributed by atoms with Crippen molar-refractivity contribution in [1.29, 1.82) is 0 Å². The van der Waals surface area contributed by atoms with Gasteiger partial charge in [-0.25, -0.2) is 4.98 Å². The zero-order valence-corrected chi connectivity index (χ0v) is 9.38. The van der Waals surface area contributed by atoms with Crippen LogP contribution in [-0.4, -0.2) is 23.6 Å². The van der Waals surface area contributed by atoms with Crippen molar-refractivity contribution in [2.45, 2.75) is 18.9 Å². The van der Waals surface area contributed by atoms with E-state index in [2.05, 4.69) is 22.1 Å². The van der Waals surface area contributed by atoms with E-state index in [1.807, 2.05) is 19.1 Å². The molecule has 1 aliphatic carbocycles. The summed E-state index contributed by atoms with van der Waals surface area (Å²) in [5.74, 6) is 6.51. The second-order valence-electron chi connectivity index (χ2n) is 4.94. The van der Waals surface area contributed by atoms with E-state index in [1.54, 1.807) is 6.20 Å². The molecule has 2 fully saturated rings. The molecule has 3 N–H and O–H groups in total. The van der Waals surface area contributed by atoms with E-state index >= 15 is 0 Å². The Labute approximate surface area is 95.4 Å². The Morgan fingerprint density at radius 1 is 1.50 bits per heavy atom. The van der Waals surface area contributed by atoms with Gasteiger partial charge in [0.25, 0.3) is 0 Å². The smallest absolute Gasteiger partial charge is 0.116 e. The maximum atomic E-state index is 6.20. The van der Waals surface area contributed by atoms with Gasteiger partial charge < -0.3 is 11.1 Å². The summed E-state index contributed by atoms with van der Waals surface area (Å²) >= 11 is 0. The molecule has 0 bridgehead atoms. The van der Waals surface area contributed by atoms with Gasteiger partial charge in [-0.05, 0) is 30.9 Å². The van der Waals surface area contributed by atoms with Crippen molar-refractivity contribution in [3.05, 3.63) is 29.6 Å². The molecule has 3 nitrogen and oxygen atoms in total. The van der Waals surface area contributed by atoms with Gasteiger partial charge in [0, 0.05) is 24.8 Å². The lowest BCUT2D eigenvalue weighted by Gasteiger charge is -2.03. The molecule has 1 aromatic rings. The summed E-state index contributed by atoms with van der Waals surface area (Å²) in [6, 6.07) is 3.96. The van der Waals surface area contributed by atoms with Crippen molar-refractivity contribution in [1.82, 2.24) is 10.3 Å². The van der Waals surface area contributed by atoms with Gasteiger partial charge in [0.15, 0.2) is 0 Å². The van der Waals surface area contributed by atoms with Crippen LogP contribution in [0.5, 0.6) is 0 Å². The highest BCUT2D eigenvalue weighted by Gasteiger charge is 2.67. The Hall–Kier alpha value is -1.37. The van der Waals surface area contributed by atoms with Gasteiger partial charge >= 0.3 is 0 Å². The summed E-state index contributed by atoms with van der Waals surface area (Å²) in [6.07, 6.45) is 2.80. The summed E-state index contributed by atoms with van der Waals surface area (Å²) < 4.78 is 0. The van der Waals surface area contributed by atoms with Crippen LogP contribution in [0.4, 0.5) is 0 Å². The summed E-state index contributed by atoms with van der Waals surface area (Å²) in [6.45, 7) is 3.84. The Morgan fingerprint density at radius 2 is 2.38 bits per heavy atom. The first-order valence-corrected chi connectivity index (χ1v) is 5.60. The number of nitrogens with one attached hydrogen (secondary N) is 1. The van der Waals surface area contributed by atoms with Crippen molar-refractivity contribution in [2.24, 2.45) is 11.1 Å². The van der Waals surface area contributed by atoms with E-state index in [0.717, 1.165) is 30.8 Å². The third-order valence-corrected chi connectivity index (χ3v) is 3.74. The predicted octanol–water partition coefficient (Wildman–Crippen LogP) is 0.432. The summed E-state index contributed by atoms with van der Waals surface area (Å²) in [7, 11) is 0. The van der Waals surface area contributed by atoms with Crippen molar-refractivity contribution in [3.8, 4) is 11.8 Å². The molecule has 0 amide bonds. The van der Waals surface area contributed by atoms with Crippen LogP contribution in [0.25, 0.3) is 0 Å². The molecule has 3 heteroatoms. The molecule has 2 aliphatic rings. The number of piperidine rings is 1. The fourth-order valence-electron chi connectivity index (χ4n) is 2.47.